The molecule has 0 radical (unpaired) electrons. The van der Waals surface area contributed by atoms with Gasteiger partial charge in [-0.3, -0.25) is 0 Å². The summed E-state index contributed by atoms with van der Waals surface area (Å²) in [6.07, 6.45) is 5.37. The molecule has 0 aliphatic carbocycles. The Kier molecular flexibility index (Phi) is 3.83. The number of aromatic nitrogens is 1. The van der Waals surface area contributed by atoms with Gasteiger partial charge in [0.1, 0.15) is 0 Å². The molecule has 1 aromatic rings. The van der Waals surface area contributed by atoms with Gasteiger partial charge in [0, 0.05) is 11.5 Å². The van der Waals surface area contributed by atoms with Gasteiger partial charge in [0.05, 0.1) is 0 Å². The summed E-state index contributed by atoms with van der Waals surface area (Å²) in [5.41, 5.74) is 1.70. The van der Waals surface area contributed by atoms with Gasteiger partial charge in [-0.15, -0.1) is 0 Å². The molecule has 0 fully saturated rings. The third-order valence-electron chi connectivity index (χ3n) is 1.70. The van der Waals surface area contributed by atoms with E-state index >= 15 is 0 Å². The Morgan fingerprint density at radius 3 is 2.93 bits per heavy atom. The number of carboxylic acids is 1. The first-order valence-electron chi connectivity index (χ1n) is 4.07. The molecule has 0 bridgehead atoms. The molecular weight excluding hydrogens is 246 g/mol. The van der Waals surface area contributed by atoms with E-state index in [0.29, 0.717) is 5.56 Å². The molecule has 0 saturated carbocycles. The van der Waals surface area contributed by atoms with Gasteiger partial charge in [0.2, 0.25) is 0 Å². The molecule has 1 N–H and O–H groups in total. The van der Waals surface area contributed by atoms with Gasteiger partial charge in [-0.25, -0.2) is 9.78 Å². The van der Waals surface area contributed by atoms with Crippen molar-refractivity contribution in [3.63, 3.8) is 0 Å². The zero-order chi connectivity index (χ0) is 10.6. The third-order valence-corrected chi connectivity index (χ3v) is 2.08. The highest BCUT2D eigenvalue weighted by Gasteiger charge is 2.07. The number of aryl methyl sites for hydroxylation is 1. The van der Waals surface area contributed by atoms with Crippen LogP contribution in [0.1, 0.15) is 21.6 Å². The molecule has 1 rings (SSSR count). The number of allylic oxidation sites excluding steroid dienone is 1. The lowest BCUT2D eigenvalue weighted by Gasteiger charge is -2.00. The van der Waals surface area contributed by atoms with Gasteiger partial charge in [-0.05, 0) is 24.1 Å². The highest BCUT2D eigenvalue weighted by molar-refractivity contribution is 9.09. The number of nitrogens with zero attached hydrogens (tertiary/aromatic N) is 1. The zero-order valence-corrected chi connectivity index (χ0v) is 9.28. The average Bonchev–Trinajstić information content (AvgIpc) is 2.14. The van der Waals surface area contributed by atoms with E-state index in [2.05, 4.69) is 20.9 Å². The minimum Gasteiger partial charge on any atom is -0.477 e. The van der Waals surface area contributed by atoms with Crippen molar-refractivity contribution in [2.24, 2.45) is 0 Å². The van der Waals surface area contributed by atoms with Crippen LogP contribution < -0.4 is 0 Å². The molecule has 0 atom stereocenters. The second-order valence-corrected chi connectivity index (χ2v) is 3.44. The van der Waals surface area contributed by atoms with Crippen molar-refractivity contribution >= 4 is 28.0 Å². The highest BCUT2D eigenvalue weighted by atomic mass is 79.9. The smallest absolute Gasteiger partial charge is 0.354 e. The van der Waals surface area contributed by atoms with Gasteiger partial charge in [-0.2, -0.15) is 0 Å². The van der Waals surface area contributed by atoms with E-state index in [9.17, 15) is 4.79 Å². The Labute approximate surface area is 90.6 Å². The van der Waals surface area contributed by atoms with Crippen molar-refractivity contribution in [3.8, 4) is 0 Å². The molecule has 1 heterocycles. The van der Waals surface area contributed by atoms with E-state index in [1.807, 2.05) is 12.2 Å². The molecule has 0 spiro atoms. The van der Waals surface area contributed by atoms with Crippen LogP contribution in [0.2, 0.25) is 0 Å². The molecular formula is C10H10BrNO2. The molecule has 14 heavy (non-hydrogen) atoms. The first-order valence-corrected chi connectivity index (χ1v) is 5.19. The summed E-state index contributed by atoms with van der Waals surface area (Å²) in [6.45, 7) is 1.74. The van der Waals surface area contributed by atoms with E-state index in [4.69, 9.17) is 5.11 Å². The van der Waals surface area contributed by atoms with E-state index in [-0.39, 0.29) is 5.69 Å². The Balaban J connectivity index is 3.00. The maximum Gasteiger partial charge on any atom is 0.354 e. The van der Waals surface area contributed by atoms with Crippen molar-refractivity contribution < 1.29 is 9.90 Å². The largest absolute Gasteiger partial charge is 0.477 e. The topological polar surface area (TPSA) is 50.2 Å². The molecule has 0 saturated heterocycles. The van der Waals surface area contributed by atoms with Crippen LogP contribution in [0, 0.1) is 6.92 Å². The number of halogens is 1. The van der Waals surface area contributed by atoms with E-state index < -0.39 is 5.97 Å². The molecule has 74 valence electrons. The summed E-state index contributed by atoms with van der Waals surface area (Å²) in [5, 5.41) is 9.52. The number of pyridine rings is 1. The van der Waals surface area contributed by atoms with Crippen LogP contribution in [0.25, 0.3) is 6.08 Å². The molecule has 4 heteroatoms. The summed E-state index contributed by atoms with van der Waals surface area (Å²) >= 11 is 3.26. The van der Waals surface area contributed by atoms with E-state index in [1.165, 1.54) is 0 Å². The van der Waals surface area contributed by atoms with Gasteiger partial charge in [-0.1, -0.05) is 28.1 Å². The minimum atomic E-state index is -0.987. The van der Waals surface area contributed by atoms with Crippen molar-refractivity contribution in [1.29, 1.82) is 0 Å². The first-order chi connectivity index (χ1) is 6.65. The molecule has 0 amide bonds. The highest BCUT2D eigenvalue weighted by Crippen LogP contribution is 2.09. The number of carboxylic acid groups (broad SMARTS) is 1. The van der Waals surface area contributed by atoms with Crippen molar-refractivity contribution in [2.45, 2.75) is 6.92 Å². The van der Waals surface area contributed by atoms with Crippen LogP contribution in [0.3, 0.4) is 0 Å². The summed E-state index contributed by atoms with van der Waals surface area (Å²) in [6, 6.07) is 1.80. The molecule has 0 aromatic carbocycles. The lowest BCUT2D eigenvalue weighted by Crippen LogP contribution is -2.03. The van der Waals surface area contributed by atoms with Crippen molar-refractivity contribution in [2.75, 3.05) is 5.33 Å². The summed E-state index contributed by atoms with van der Waals surface area (Å²) in [4.78, 5) is 14.5. The predicted octanol–water partition coefficient (Wildman–Crippen LogP) is 2.50. The molecule has 0 aliphatic heterocycles. The summed E-state index contributed by atoms with van der Waals surface area (Å²) < 4.78 is 0. The van der Waals surface area contributed by atoms with Crippen LogP contribution >= 0.6 is 15.9 Å². The van der Waals surface area contributed by atoms with Crippen molar-refractivity contribution in [1.82, 2.24) is 4.98 Å². The van der Waals surface area contributed by atoms with Crippen LogP contribution in [-0.2, 0) is 0 Å². The minimum absolute atomic E-state index is 0.112. The third kappa shape index (κ3) is 2.67. The fourth-order valence-corrected chi connectivity index (χ4v) is 1.28. The van der Waals surface area contributed by atoms with Crippen LogP contribution in [0.15, 0.2) is 18.3 Å². The Morgan fingerprint density at radius 2 is 2.43 bits per heavy atom. The quantitative estimate of drug-likeness (QED) is 0.845. The lowest BCUT2D eigenvalue weighted by molar-refractivity contribution is 0.0689. The Morgan fingerprint density at radius 1 is 1.71 bits per heavy atom. The Bertz CT molecular complexity index is 374. The van der Waals surface area contributed by atoms with E-state index in [0.717, 1.165) is 10.9 Å². The maximum absolute atomic E-state index is 10.7. The number of hydrogen-bond acceptors (Lipinski definition) is 2. The number of aromatic carboxylic acids is 1. The summed E-state index contributed by atoms with van der Waals surface area (Å²) in [5.74, 6) is -0.987. The van der Waals surface area contributed by atoms with Gasteiger partial charge >= 0.3 is 5.97 Å². The standard InChI is InChI=1S/C10H10BrNO2/c1-7-5-8(3-2-4-11)6-12-9(7)10(13)14/h2-3,5-6H,4H2,1H3,(H,13,14). The molecule has 0 aliphatic rings. The number of carbonyl (C=O) groups is 1. The van der Waals surface area contributed by atoms with Crippen LogP contribution in [0.5, 0.6) is 0 Å². The number of rotatable bonds is 3. The van der Waals surface area contributed by atoms with Crippen LogP contribution in [-0.4, -0.2) is 21.4 Å². The normalized spacial score (nSPS) is 10.7. The second-order valence-electron chi connectivity index (χ2n) is 2.80. The maximum atomic E-state index is 10.7. The number of alkyl halides is 1. The van der Waals surface area contributed by atoms with Crippen molar-refractivity contribution in [3.05, 3.63) is 35.2 Å². The average molecular weight is 256 g/mol. The zero-order valence-electron chi connectivity index (χ0n) is 7.70. The number of hydrogen-bond donors (Lipinski definition) is 1. The molecule has 1 aromatic heterocycles. The molecule has 0 unspecified atom stereocenters. The van der Waals surface area contributed by atoms with Gasteiger partial charge in [0.15, 0.2) is 5.69 Å². The monoisotopic (exact) mass is 255 g/mol. The summed E-state index contributed by atoms with van der Waals surface area (Å²) in [7, 11) is 0. The molecule has 3 nitrogen and oxygen atoms in total. The Hall–Kier alpha value is -1.16. The predicted molar refractivity (Wildman–Crippen MR) is 58.8 cm³/mol. The lowest BCUT2D eigenvalue weighted by atomic mass is 10.1. The first kappa shape index (κ1) is 10.9. The van der Waals surface area contributed by atoms with Gasteiger partial charge < -0.3 is 5.11 Å². The fraction of sp³-hybridized carbons (Fsp3) is 0.200. The second kappa shape index (κ2) is 4.91. The van der Waals surface area contributed by atoms with Crippen LogP contribution in [0.4, 0.5) is 0 Å². The van der Waals surface area contributed by atoms with Gasteiger partial charge in [0.25, 0.3) is 0 Å². The fourth-order valence-electron chi connectivity index (χ4n) is 1.09. The van der Waals surface area contributed by atoms with E-state index in [1.54, 1.807) is 19.2 Å². The SMILES string of the molecule is Cc1cc(C=CCBr)cnc1C(=O)O.